The van der Waals surface area contributed by atoms with Crippen LogP contribution in [0.1, 0.15) is 33.3 Å². The average Bonchev–Trinajstić information content (AvgIpc) is 2.77. The minimum absolute atomic E-state index is 0.327. The highest BCUT2D eigenvalue weighted by Gasteiger charge is 2.53. The van der Waals surface area contributed by atoms with Crippen LogP contribution in [0.3, 0.4) is 0 Å². The number of rotatable bonds is 7. The number of fused-ring (bicyclic) bond motifs is 1. The molecule has 1 saturated heterocycles. The molecule has 35 heavy (non-hydrogen) atoms. The normalized spacial score (nSPS) is 23.7. The summed E-state index contributed by atoms with van der Waals surface area (Å²) in [7, 11) is 0. The molecule has 2 aromatic carbocycles. The predicted molar refractivity (Wildman–Crippen MR) is 121 cm³/mol. The molecule has 0 radical (unpaired) electrons. The molecule has 3 rings (SSSR count). The number of carbonyl (C=O) groups excluding carboxylic acids is 4. The molecule has 0 unspecified atom stereocenters. The maximum Gasteiger partial charge on any atom is 0.305 e. The summed E-state index contributed by atoms with van der Waals surface area (Å²) in [6, 6.07) is 11.3. The number of carbonyl (C=O) groups is 4. The molecule has 0 N–H and O–H groups in total. The van der Waals surface area contributed by atoms with Gasteiger partial charge in [0.15, 0.2) is 12.2 Å². The van der Waals surface area contributed by atoms with Crippen molar-refractivity contribution in [2.24, 2.45) is 0 Å². The lowest BCUT2D eigenvalue weighted by molar-refractivity contribution is -0.294. The Balaban J connectivity index is 2.12. The largest absolute Gasteiger partial charge is 0.481 e. The van der Waals surface area contributed by atoms with E-state index in [1.165, 1.54) is 20.8 Å². The van der Waals surface area contributed by atoms with Crippen molar-refractivity contribution in [3.05, 3.63) is 42.0 Å². The third-order valence-corrected chi connectivity index (χ3v) is 5.26. The Morgan fingerprint density at radius 2 is 1.40 bits per heavy atom. The highest BCUT2D eigenvalue weighted by Crippen LogP contribution is 2.35. The Kier molecular flexibility index (Phi) is 8.29. The molecule has 5 atom stereocenters. The standard InChI is InChI=1S/C25H28O10/c1-13-10-11-18-8-6-7-9-19(18)21(13)35-23-22(31-15(3)27)20(12-30-14(2)26)34-25(33-17(5)29)24(23)32-16(4)28/h6-11,20,22-25H,12H2,1-5H3/t20-,22-,23+,24-,25+/m1/s1. The Morgan fingerprint density at radius 3 is 2.03 bits per heavy atom. The minimum atomic E-state index is -1.41. The van der Waals surface area contributed by atoms with Crippen molar-refractivity contribution in [2.45, 2.75) is 65.3 Å². The summed E-state index contributed by atoms with van der Waals surface area (Å²) < 4.78 is 33.6. The molecular weight excluding hydrogens is 460 g/mol. The first-order valence-electron chi connectivity index (χ1n) is 11.0. The summed E-state index contributed by atoms with van der Waals surface area (Å²) in [6.07, 6.45) is -6.15. The van der Waals surface area contributed by atoms with Crippen LogP contribution in [0.5, 0.6) is 5.75 Å². The minimum Gasteiger partial charge on any atom is -0.481 e. The smallest absolute Gasteiger partial charge is 0.305 e. The fourth-order valence-corrected chi connectivity index (χ4v) is 3.90. The summed E-state index contributed by atoms with van der Waals surface area (Å²) in [5.41, 5.74) is 0.763. The van der Waals surface area contributed by atoms with Gasteiger partial charge in [-0.2, -0.15) is 0 Å². The van der Waals surface area contributed by atoms with E-state index >= 15 is 0 Å². The topological polar surface area (TPSA) is 124 Å². The van der Waals surface area contributed by atoms with Gasteiger partial charge in [0.2, 0.25) is 12.4 Å². The monoisotopic (exact) mass is 488 g/mol. The predicted octanol–water partition coefficient (Wildman–Crippen LogP) is 2.61. The fourth-order valence-electron chi connectivity index (χ4n) is 3.90. The van der Waals surface area contributed by atoms with Crippen LogP contribution >= 0.6 is 0 Å². The van der Waals surface area contributed by atoms with Crippen molar-refractivity contribution in [3.63, 3.8) is 0 Å². The van der Waals surface area contributed by atoms with Crippen molar-refractivity contribution in [1.82, 2.24) is 0 Å². The average molecular weight is 488 g/mol. The molecular formula is C25H28O10. The van der Waals surface area contributed by atoms with Gasteiger partial charge in [-0.25, -0.2) is 0 Å². The maximum absolute atomic E-state index is 12.0. The second-order valence-electron chi connectivity index (χ2n) is 8.12. The van der Waals surface area contributed by atoms with E-state index in [-0.39, 0.29) is 6.61 Å². The maximum atomic E-state index is 12.0. The molecule has 0 amide bonds. The molecule has 10 nitrogen and oxygen atoms in total. The van der Waals surface area contributed by atoms with Crippen molar-refractivity contribution in [3.8, 4) is 5.75 Å². The zero-order chi connectivity index (χ0) is 25.7. The Bertz CT molecular complexity index is 1110. The first-order chi connectivity index (χ1) is 16.6. The van der Waals surface area contributed by atoms with E-state index < -0.39 is 54.6 Å². The molecule has 1 aliphatic rings. The third-order valence-electron chi connectivity index (χ3n) is 5.26. The van der Waals surface area contributed by atoms with Gasteiger partial charge in [0.05, 0.1) is 0 Å². The molecule has 1 aliphatic heterocycles. The Morgan fingerprint density at radius 1 is 0.771 bits per heavy atom. The second-order valence-corrected chi connectivity index (χ2v) is 8.12. The zero-order valence-electron chi connectivity index (χ0n) is 20.1. The van der Waals surface area contributed by atoms with Crippen LogP contribution in [0.2, 0.25) is 0 Å². The van der Waals surface area contributed by atoms with Gasteiger partial charge in [0, 0.05) is 33.1 Å². The first kappa shape index (κ1) is 26.0. The summed E-state index contributed by atoms with van der Waals surface area (Å²) in [6.45, 7) is 6.26. The first-order valence-corrected chi connectivity index (χ1v) is 11.0. The Labute approximate surface area is 202 Å². The van der Waals surface area contributed by atoms with Crippen molar-refractivity contribution >= 4 is 34.6 Å². The fraction of sp³-hybridized carbons (Fsp3) is 0.440. The van der Waals surface area contributed by atoms with Crippen molar-refractivity contribution in [1.29, 1.82) is 0 Å². The quantitative estimate of drug-likeness (QED) is 0.424. The van der Waals surface area contributed by atoms with Gasteiger partial charge in [-0.3, -0.25) is 19.2 Å². The molecule has 0 spiro atoms. The number of hydrogen-bond acceptors (Lipinski definition) is 10. The molecule has 0 bridgehead atoms. The van der Waals surface area contributed by atoms with E-state index in [1.54, 1.807) is 0 Å². The van der Waals surface area contributed by atoms with Gasteiger partial charge < -0.3 is 28.4 Å². The number of benzene rings is 2. The molecule has 0 saturated carbocycles. The number of ether oxygens (including phenoxy) is 6. The van der Waals surface area contributed by atoms with E-state index in [2.05, 4.69) is 0 Å². The molecule has 1 heterocycles. The van der Waals surface area contributed by atoms with E-state index in [1.807, 2.05) is 43.3 Å². The van der Waals surface area contributed by atoms with E-state index in [0.29, 0.717) is 5.75 Å². The molecule has 10 heteroatoms. The molecule has 0 aliphatic carbocycles. The van der Waals surface area contributed by atoms with Crippen LogP contribution < -0.4 is 4.74 Å². The van der Waals surface area contributed by atoms with Crippen molar-refractivity contribution in [2.75, 3.05) is 6.61 Å². The Hall–Kier alpha value is -3.66. The third kappa shape index (κ3) is 6.48. The molecule has 0 aromatic heterocycles. The molecule has 188 valence electrons. The lowest BCUT2D eigenvalue weighted by Gasteiger charge is -2.44. The zero-order valence-corrected chi connectivity index (χ0v) is 20.1. The lowest BCUT2D eigenvalue weighted by Crippen LogP contribution is -2.63. The number of aryl methyl sites for hydroxylation is 1. The van der Waals surface area contributed by atoms with E-state index in [0.717, 1.165) is 23.3 Å². The highest BCUT2D eigenvalue weighted by atomic mass is 16.7. The summed E-state index contributed by atoms with van der Waals surface area (Å²) in [4.78, 5) is 47.3. The summed E-state index contributed by atoms with van der Waals surface area (Å²) in [5.74, 6) is -2.20. The number of esters is 4. The summed E-state index contributed by atoms with van der Waals surface area (Å²) >= 11 is 0. The molecule has 2 aromatic rings. The van der Waals surface area contributed by atoms with Crippen LogP contribution in [-0.2, 0) is 42.9 Å². The highest BCUT2D eigenvalue weighted by molar-refractivity contribution is 5.89. The van der Waals surface area contributed by atoms with Crippen LogP contribution in [0.15, 0.2) is 36.4 Å². The van der Waals surface area contributed by atoms with Crippen molar-refractivity contribution < 1.29 is 47.6 Å². The number of hydrogen-bond donors (Lipinski definition) is 0. The summed E-state index contributed by atoms with van der Waals surface area (Å²) in [5, 5.41) is 1.66. The van der Waals surface area contributed by atoms with Gasteiger partial charge in [-0.15, -0.1) is 0 Å². The van der Waals surface area contributed by atoms with Gasteiger partial charge in [0.1, 0.15) is 18.5 Å². The van der Waals surface area contributed by atoms with Gasteiger partial charge in [-0.1, -0.05) is 36.4 Å². The van der Waals surface area contributed by atoms with Crippen LogP contribution in [-0.4, -0.2) is 61.2 Å². The molecule has 1 fully saturated rings. The van der Waals surface area contributed by atoms with Gasteiger partial charge >= 0.3 is 23.9 Å². The van der Waals surface area contributed by atoms with Gasteiger partial charge in [0.25, 0.3) is 0 Å². The second kappa shape index (κ2) is 11.2. The lowest BCUT2D eigenvalue weighted by atomic mass is 9.97. The van der Waals surface area contributed by atoms with E-state index in [4.69, 9.17) is 28.4 Å². The SMILES string of the molecule is CC(=O)OC[C@H]1O[C@H](OC(C)=O)[C@H](OC(C)=O)[C@@H](Oc2c(C)ccc3ccccc23)[C@@H]1OC(C)=O. The van der Waals surface area contributed by atoms with Crippen LogP contribution in [0, 0.1) is 6.92 Å². The van der Waals surface area contributed by atoms with Crippen LogP contribution in [0.4, 0.5) is 0 Å². The van der Waals surface area contributed by atoms with Gasteiger partial charge in [-0.05, 0) is 17.9 Å². The van der Waals surface area contributed by atoms with E-state index in [9.17, 15) is 19.2 Å². The van der Waals surface area contributed by atoms with Crippen LogP contribution in [0.25, 0.3) is 10.8 Å².